The van der Waals surface area contributed by atoms with Crippen LogP contribution in [0.5, 0.6) is 0 Å². The van der Waals surface area contributed by atoms with Crippen molar-refractivity contribution in [3.63, 3.8) is 0 Å². The van der Waals surface area contributed by atoms with E-state index in [-0.39, 0.29) is 11.9 Å². The molecular formula is C18H30N5O4+. The topological polar surface area (TPSA) is 87.8 Å². The molecule has 0 aliphatic carbocycles. The Balaban J connectivity index is 1.91. The van der Waals surface area contributed by atoms with Crippen molar-refractivity contribution in [3.8, 4) is 0 Å². The second-order valence-corrected chi connectivity index (χ2v) is 8.30. The van der Waals surface area contributed by atoms with E-state index in [9.17, 15) is 14.4 Å². The van der Waals surface area contributed by atoms with Crippen LogP contribution in [-0.4, -0.2) is 69.7 Å². The van der Waals surface area contributed by atoms with Gasteiger partial charge in [0.2, 0.25) is 5.91 Å². The quantitative estimate of drug-likeness (QED) is 0.766. The Labute approximate surface area is 159 Å². The van der Waals surface area contributed by atoms with Crippen LogP contribution in [0.2, 0.25) is 0 Å². The van der Waals surface area contributed by atoms with Crippen LogP contribution in [0.4, 0.5) is 9.59 Å². The highest BCUT2D eigenvalue weighted by molar-refractivity contribution is 5.89. The lowest BCUT2D eigenvalue weighted by Crippen LogP contribution is -2.60. The molecule has 0 radical (unpaired) electrons. The first-order chi connectivity index (χ1) is 12.4. The Hall–Kier alpha value is -2.58. The van der Waals surface area contributed by atoms with Crippen molar-refractivity contribution in [3.05, 3.63) is 18.7 Å². The van der Waals surface area contributed by atoms with Crippen LogP contribution >= 0.6 is 0 Å². The van der Waals surface area contributed by atoms with Gasteiger partial charge in [-0.25, -0.2) is 14.2 Å². The van der Waals surface area contributed by atoms with Crippen molar-refractivity contribution in [2.24, 2.45) is 7.05 Å². The monoisotopic (exact) mass is 380 g/mol. The predicted molar refractivity (Wildman–Crippen MR) is 98.0 cm³/mol. The lowest BCUT2D eigenvalue weighted by atomic mass is 10.0. The Bertz CT molecular complexity index is 712. The summed E-state index contributed by atoms with van der Waals surface area (Å²) in [5.41, 5.74) is -1.73. The number of piperazine rings is 1. The molecule has 3 amide bonds. The van der Waals surface area contributed by atoms with Crippen LogP contribution in [0.15, 0.2) is 18.7 Å². The summed E-state index contributed by atoms with van der Waals surface area (Å²) in [5.74, 6) is -0.201. The lowest BCUT2D eigenvalue weighted by molar-refractivity contribution is -0.670. The number of aromatic nitrogens is 2. The first kappa shape index (κ1) is 20.7. The van der Waals surface area contributed by atoms with E-state index in [2.05, 4.69) is 5.32 Å². The minimum Gasteiger partial charge on any atom is -0.444 e. The normalized spacial score (nSPS) is 15.5. The molecule has 2 rings (SSSR count). The highest BCUT2D eigenvalue weighted by Gasteiger charge is 2.37. The minimum atomic E-state index is -1.09. The molecule has 150 valence electrons. The molecule has 1 saturated heterocycles. The summed E-state index contributed by atoms with van der Waals surface area (Å²) >= 11 is 0. The number of carbonyl (C=O) groups is 3. The van der Waals surface area contributed by atoms with Gasteiger partial charge < -0.3 is 19.9 Å². The maximum atomic E-state index is 12.8. The fourth-order valence-electron chi connectivity index (χ4n) is 2.83. The van der Waals surface area contributed by atoms with Crippen LogP contribution in [0.1, 0.15) is 34.6 Å². The molecule has 0 spiro atoms. The largest absolute Gasteiger partial charge is 0.444 e. The van der Waals surface area contributed by atoms with Gasteiger partial charge in [-0.1, -0.05) is 0 Å². The van der Waals surface area contributed by atoms with Gasteiger partial charge in [0.25, 0.3) is 6.33 Å². The number of hydrogen-bond donors (Lipinski definition) is 1. The summed E-state index contributed by atoms with van der Waals surface area (Å²) in [5, 5.41) is 2.63. The fraction of sp³-hybridized carbons (Fsp3) is 0.667. The number of nitrogens with zero attached hydrogens (tertiary/aromatic N) is 4. The Morgan fingerprint density at radius 1 is 1.00 bits per heavy atom. The van der Waals surface area contributed by atoms with Crippen LogP contribution in [0.3, 0.4) is 0 Å². The van der Waals surface area contributed by atoms with E-state index in [1.165, 1.54) is 4.57 Å². The smallest absolute Gasteiger partial charge is 0.415 e. The van der Waals surface area contributed by atoms with E-state index >= 15 is 0 Å². The summed E-state index contributed by atoms with van der Waals surface area (Å²) in [6.45, 7) is 10.3. The summed E-state index contributed by atoms with van der Waals surface area (Å²) in [6, 6.07) is -0.117. The third kappa shape index (κ3) is 5.45. The molecule has 0 atom stereocenters. The summed E-state index contributed by atoms with van der Waals surface area (Å²) in [4.78, 5) is 40.6. The molecular weight excluding hydrogens is 350 g/mol. The Morgan fingerprint density at radius 2 is 1.56 bits per heavy atom. The van der Waals surface area contributed by atoms with E-state index in [4.69, 9.17) is 4.74 Å². The number of amides is 3. The Kier molecular flexibility index (Phi) is 5.82. The average Bonchev–Trinajstić information content (AvgIpc) is 2.97. The molecule has 27 heavy (non-hydrogen) atoms. The van der Waals surface area contributed by atoms with Gasteiger partial charge in [0, 0.05) is 26.2 Å². The van der Waals surface area contributed by atoms with Crippen molar-refractivity contribution in [1.29, 1.82) is 0 Å². The molecule has 0 unspecified atom stereocenters. The molecule has 9 nitrogen and oxygen atoms in total. The summed E-state index contributed by atoms with van der Waals surface area (Å²) in [6.07, 6.45) is 4.57. The van der Waals surface area contributed by atoms with Crippen molar-refractivity contribution in [2.45, 2.75) is 45.8 Å². The first-order valence-electron chi connectivity index (χ1n) is 9.02. The SMILES string of the molecule is C[n+]1ccn(C(=O)N2CCN(C(=O)C(C)(C)NC(=O)OC(C)(C)C)CC2)c1. The molecule has 1 fully saturated rings. The number of nitrogens with one attached hydrogen (secondary N) is 1. The van der Waals surface area contributed by atoms with E-state index in [0.29, 0.717) is 26.2 Å². The molecule has 9 heteroatoms. The van der Waals surface area contributed by atoms with Gasteiger partial charge in [0.15, 0.2) is 0 Å². The summed E-state index contributed by atoms with van der Waals surface area (Å²) < 4.78 is 8.55. The highest BCUT2D eigenvalue weighted by atomic mass is 16.6. The molecule has 1 aliphatic heterocycles. The van der Waals surface area contributed by atoms with Crippen LogP contribution in [0, 0.1) is 0 Å². The highest BCUT2D eigenvalue weighted by Crippen LogP contribution is 2.14. The van der Waals surface area contributed by atoms with E-state index in [0.717, 1.165) is 0 Å². The van der Waals surface area contributed by atoms with Crippen molar-refractivity contribution < 1.29 is 23.7 Å². The van der Waals surface area contributed by atoms with Gasteiger partial charge in [-0.15, -0.1) is 0 Å². The molecule has 1 aromatic heterocycles. The third-order valence-corrected chi connectivity index (χ3v) is 4.18. The maximum absolute atomic E-state index is 12.8. The number of carbonyl (C=O) groups excluding carboxylic acids is 3. The number of imidazole rings is 1. The number of alkyl carbamates (subject to hydrolysis) is 1. The van der Waals surface area contributed by atoms with E-state index in [1.807, 2.05) is 7.05 Å². The van der Waals surface area contributed by atoms with E-state index in [1.54, 1.807) is 67.7 Å². The molecule has 1 aliphatic rings. The van der Waals surface area contributed by atoms with Crippen molar-refractivity contribution >= 4 is 18.0 Å². The van der Waals surface area contributed by atoms with E-state index < -0.39 is 17.2 Å². The van der Waals surface area contributed by atoms with Gasteiger partial charge in [0.1, 0.15) is 23.5 Å². The average molecular weight is 380 g/mol. The number of hydrogen-bond acceptors (Lipinski definition) is 4. The van der Waals surface area contributed by atoms with Crippen molar-refractivity contribution in [1.82, 2.24) is 19.7 Å². The van der Waals surface area contributed by atoms with Gasteiger partial charge in [-0.2, -0.15) is 4.57 Å². The van der Waals surface area contributed by atoms with Crippen LogP contribution in [0.25, 0.3) is 0 Å². The first-order valence-corrected chi connectivity index (χ1v) is 9.02. The fourth-order valence-corrected chi connectivity index (χ4v) is 2.83. The predicted octanol–water partition coefficient (Wildman–Crippen LogP) is 0.728. The molecule has 0 bridgehead atoms. The van der Waals surface area contributed by atoms with Crippen LogP contribution in [-0.2, 0) is 16.6 Å². The molecule has 0 saturated carbocycles. The number of ether oxygens (including phenoxy) is 1. The standard InChI is InChI=1S/C18H29N5O4/c1-17(2,3)27-15(25)19-18(4,5)14(24)21-9-11-22(12-10-21)16(26)23-8-7-20(6)13-23/h7-8,13H,9-12H2,1-6H3/p+1. The zero-order valence-corrected chi connectivity index (χ0v) is 17.0. The number of rotatable bonds is 2. The second kappa shape index (κ2) is 7.58. The molecule has 0 aromatic carbocycles. The summed E-state index contributed by atoms with van der Waals surface area (Å²) in [7, 11) is 1.85. The minimum absolute atomic E-state index is 0.117. The van der Waals surface area contributed by atoms with Gasteiger partial charge >= 0.3 is 12.1 Å². The maximum Gasteiger partial charge on any atom is 0.415 e. The molecule has 1 aromatic rings. The van der Waals surface area contributed by atoms with Gasteiger partial charge in [-0.3, -0.25) is 4.79 Å². The zero-order valence-electron chi connectivity index (χ0n) is 17.0. The molecule has 2 heterocycles. The Morgan fingerprint density at radius 3 is 2.04 bits per heavy atom. The third-order valence-electron chi connectivity index (χ3n) is 4.18. The van der Waals surface area contributed by atoms with Gasteiger partial charge in [-0.05, 0) is 34.6 Å². The lowest BCUT2D eigenvalue weighted by Gasteiger charge is -2.38. The second-order valence-electron chi connectivity index (χ2n) is 8.30. The molecule has 1 N–H and O–H groups in total. The van der Waals surface area contributed by atoms with Crippen LogP contribution < -0.4 is 9.88 Å². The number of aryl methyl sites for hydroxylation is 1. The van der Waals surface area contributed by atoms with Crippen molar-refractivity contribution in [2.75, 3.05) is 26.2 Å². The zero-order chi connectivity index (χ0) is 20.4. The van der Waals surface area contributed by atoms with Gasteiger partial charge in [0.05, 0.1) is 7.05 Å².